The molecule has 0 spiro atoms. The summed E-state index contributed by atoms with van der Waals surface area (Å²) in [6.07, 6.45) is 4.20. The number of ether oxygens (including phenoxy) is 1. The molecule has 5 nitrogen and oxygen atoms in total. The summed E-state index contributed by atoms with van der Waals surface area (Å²) in [6.45, 7) is 8.18. The van der Waals surface area contributed by atoms with Crippen molar-refractivity contribution in [2.24, 2.45) is 5.92 Å². The van der Waals surface area contributed by atoms with E-state index in [0.29, 0.717) is 18.9 Å². The van der Waals surface area contributed by atoms with E-state index in [2.05, 4.69) is 11.5 Å². The summed E-state index contributed by atoms with van der Waals surface area (Å²) in [7, 11) is 0. The van der Waals surface area contributed by atoms with Crippen molar-refractivity contribution in [2.75, 3.05) is 13.1 Å². The third-order valence-corrected chi connectivity index (χ3v) is 5.11. The molecule has 0 bridgehead atoms. The van der Waals surface area contributed by atoms with Gasteiger partial charge in [-0.2, -0.15) is 0 Å². The molecule has 1 aliphatic carbocycles. The van der Waals surface area contributed by atoms with Gasteiger partial charge in [0.1, 0.15) is 0 Å². The quantitative estimate of drug-likeness (QED) is 0.831. The Hall–Kier alpha value is -1.62. The van der Waals surface area contributed by atoms with Crippen LogP contribution in [0.3, 0.4) is 0 Å². The fourth-order valence-electron chi connectivity index (χ4n) is 3.71. The molecular formula is C19H28N2O3. The molecule has 1 aromatic rings. The molecule has 1 saturated heterocycles. The maximum absolute atomic E-state index is 12.6. The zero-order valence-corrected chi connectivity index (χ0v) is 15.0. The number of morpholine rings is 1. The van der Waals surface area contributed by atoms with Gasteiger partial charge in [0.05, 0.1) is 12.2 Å². The number of aromatic nitrogens is 1. The first-order valence-electron chi connectivity index (χ1n) is 9.05. The van der Waals surface area contributed by atoms with Crippen LogP contribution < -0.4 is 5.43 Å². The standard InChI is InChI=1S/C19H28N2O3/c1-13-9-17(22)10-14(2)21(13)8-4-5-19(23)20-11-15(3)24-18(12-20)16-6-7-16/h9-10,15-16,18H,4-8,11-12H2,1-3H3. The predicted octanol–water partition coefficient (Wildman–Crippen LogP) is 2.27. The van der Waals surface area contributed by atoms with E-state index in [1.54, 1.807) is 12.1 Å². The lowest BCUT2D eigenvalue weighted by molar-refractivity contribution is -0.146. The second-order valence-electron chi connectivity index (χ2n) is 7.35. The maximum Gasteiger partial charge on any atom is 0.222 e. The van der Waals surface area contributed by atoms with Crippen molar-refractivity contribution in [1.29, 1.82) is 0 Å². The van der Waals surface area contributed by atoms with Crippen LogP contribution in [-0.4, -0.2) is 40.7 Å². The summed E-state index contributed by atoms with van der Waals surface area (Å²) in [6, 6.07) is 3.30. The van der Waals surface area contributed by atoms with Crippen LogP contribution in [0.5, 0.6) is 0 Å². The Balaban J connectivity index is 1.53. The van der Waals surface area contributed by atoms with Crippen molar-refractivity contribution in [2.45, 2.75) is 65.2 Å². The fraction of sp³-hybridized carbons (Fsp3) is 0.684. The average Bonchev–Trinajstić information content (AvgIpc) is 3.33. The van der Waals surface area contributed by atoms with Crippen LogP contribution in [0.2, 0.25) is 0 Å². The number of pyridine rings is 1. The average molecular weight is 332 g/mol. The molecule has 2 heterocycles. The zero-order valence-electron chi connectivity index (χ0n) is 15.0. The highest BCUT2D eigenvalue weighted by molar-refractivity contribution is 5.76. The van der Waals surface area contributed by atoms with E-state index in [1.165, 1.54) is 12.8 Å². The van der Waals surface area contributed by atoms with Gasteiger partial charge in [-0.1, -0.05) is 0 Å². The number of carbonyl (C=O) groups excluding carboxylic acids is 1. The van der Waals surface area contributed by atoms with Crippen molar-refractivity contribution in [1.82, 2.24) is 9.47 Å². The Morgan fingerprint density at radius 1 is 1.21 bits per heavy atom. The van der Waals surface area contributed by atoms with Crippen molar-refractivity contribution < 1.29 is 9.53 Å². The van der Waals surface area contributed by atoms with E-state index in [0.717, 1.165) is 30.9 Å². The Labute approximate surface area is 143 Å². The number of amides is 1. The Morgan fingerprint density at radius 3 is 2.50 bits per heavy atom. The number of hydrogen-bond acceptors (Lipinski definition) is 3. The zero-order chi connectivity index (χ0) is 17.3. The highest BCUT2D eigenvalue weighted by atomic mass is 16.5. The summed E-state index contributed by atoms with van der Waals surface area (Å²) < 4.78 is 8.09. The van der Waals surface area contributed by atoms with Crippen molar-refractivity contribution in [3.05, 3.63) is 33.7 Å². The minimum absolute atomic E-state index is 0.0470. The normalized spacial score (nSPS) is 24.2. The molecular weight excluding hydrogens is 304 g/mol. The monoisotopic (exact) mass is 332 g/mol. The van der Waals surface area contributed by atoms with Crippen LogP contribution in [0.15, 0.2) is 16.9 Å². The smallest absolute Gasteiger partial charge is 0.222 e. The lowest BCUT2D eigenvalue weighted by Crippen LogP contribution is -2.49. The molecule has 3 rings (SSSR count). The molecule has 0 radical (unpaired) electrons. The highest BCUT2D eigenvalue weighted by Crippen LogP contribution is 2.36. The molecule has 5 heteroatoms. The van der Waals surface area contributed by atoms with E-state index in [4.69, 9.17) is 4.74 Å². The summed E-state index contributed by atoms with van der Waals surface area (Å²) >= 11 is 0. The van der Waals surface area contributed by atoms with Crippen LogP contribution in [0.25, 0.3) is 0 Å². The van der Waals surface area contributed by atoms with Gasteiger partial charge in [0, 0.05) is 49.6 Å². The topological polar surface area (TPSA) is 51.5 Å². The van der Waals surface area contributed by atoms with Crippen LogP contribution in [0.4, 0.5) is 0 Å². The molecule has 1 aliphatic heterocycles. The molecule has 0 aromatic carbocycles. The summed E-state index contributed by atoms with van der Waals surface area (Å²) in [5, 5.41) is 0. The van der Waals surface area contributed by atoms with Crippen molar-refractivity contribution >= 4 is 5.91 Å². The number of carbonyl (C=O) groups is 1. The third-order valence-electron chi connectivity index (χ3n) is 5.11. The van der Waals surface area contributed by atoms with Crippen LogP contribution in [0, 0.1) is 19.8 Å². The largest absolute Gasteiger partial charge is 0.371 e. The molecule has 1 aromatic heterocycles. The van der Waals surface area contributed by atoms with Crippen molar-refractivity contribution in [3.63, 3.8) is 0 Å². The SMILES string of the molecule is Cc1cc(=O)cc(C)n1CCCC(=O)N1CC(C)OC(C2CC2)C1. The second kappa shape index (κ2) is 7.09. The van der Waals surface area contributed by atoms with Gasteiger partial charge in [0.15, 0.2) is 5.43 Å². The van der Waals surface area contributed by atoms with E-state index in [1.807, 2.05) is 18.7 Å². The van der Waals surface area contributed by atoms with Crippen molar-refractivity contribution in [3.8, 4) is 0 Å². The number of rotatable bonds is 5. The Bertz CT molecular complexity index is 637. The van der Waals surface area contributed by atoms with E-state index in [9.17, 15) is 9.59 Å². The van der Waals surface area contributed by atoms with Crippen LogP contribution in [0.1, 0.15) is 44.0 Å². The minimum atomic E-state index is 0.0470. The van der Waals surface area contributed by atoms with E-state index >= 15 is 0 Å². The lowest BCUT2D eigenvalue weighted by atomic mass is 10.1. The molecule has 2 fully saturated rings. The molecule has 2 aliphatic rings. The maximum atomic E-state index is 12.6. The van der Waals surface area contributed by atoms with E-state index < -0.39 is 0 Å². The first-order valence-corrected chi connectivity index (χ1v) is 9.05. The summed E-state index contributed by atoms with van der Waals surface area (Å²) in [4.78, 5) is 26.0. The Kier molecular flexibility index (Phi) is 5.09. The first kappa shape index (κ1) is 17.2. The first-order chi connectivity index (χ1) is 11.4. The predicted molar refractivity (Wildman–Crippen MR) is 93.0 cm³/mol. The lowest BCUT2D eigenvalue weighted by Gasteiger charge is -2.37. The third kappa shape index (κ3) is 4.07. The van der Waals surface area contributed by atoms with Gasteiger partial charge in [-0.15, -0.1) is 0 Å². The van der Waals surface area contributed by atoms with Gasteiger partial charge < -0.3 is 14.2 Å². The van der Waals surface area contributed by atoms with Crippen LogP contribution in [-0.2, 0) is 16.1 Å². The number of aryl methyl sites for hydroxylation is 2. The van der Waals surface area contributed by atoms with Gasteiger partial charge in [-0.25, -0.2) is 0 Å². The molecule has 0 N–H and O–H groups in total. The molecule has 1 saturated carbocycles. The molecule has 1 amide bonds. The minimum Gasteiger partial charge on any atom is -0.371 e. The fourth-order valence-corrected chi connectivity index (χ4v) is 3.71. The van der Waals surface area contributed by atoms with Gasteiger partial charge in [0.2, 0.25) is 5.91 Å². The molecule has 2 atom stereocenters. The van der Waals surface area contributed by atoms with Gasteiger partial charge in [0.25, 0.3) is 0 Å². The summed E-state index contributed by atoms with van der Waals surface area (Å²) in [5.41, 5.74) is 1.97. The molecule has 24 heavy (non-hydrogen) atoms. The highest BCUT2D eigenvalue weighted by Gasteiger charge is 2.38. The van der Waals surface area contributed by atoms with Gasteiger partial charge in [-0.3, -0.25) is 9.59 Å². The molecule has 132 valence electrons. The van der Waals surface area contributed by atoms with Crippen LogP contribution >= 0.6 is 0 Å². The molecule has 2 unspecified atom stereocenters. The number of nitrogens with zero attached hydrogens (tertiary/aromatic N) is 2. The van der Waals surface area contributed by atoms with E-state index in [-0.39, 0.29) is 23.5 Å². The second-order valence-corrected chi connectivity index (χ2v) is 7.35. The van der Waals surface area contributed by atoms with Gasteiger partial charge in [-0.05, 0) is 46.0 Å². The number of hydrogen-bond donors (Lipinski definition) is 0. The summed E-state index contributed by atoms with van der Waals surface area (Å²) in [5.74, 6) is 0.890. The Morgan fingerprint density at radius 2 is 1.88 bits per heavy atom. The van der Waals surface area contributed by atoms with Gasteiger partial charge >= 0.3 is 0 Å².